The van der Waals surface area contributed by atoms with Crippen LogP contribution in [0.3, 0.4) is 0 Å². The number of amides is 2. The zero-order valence-electron chi connectivity index (χ0n) is 22.8. The second-order valence-electron chi connectivity index (χ2n) is 10.7. The van der Waals surface area contributed by atoms with E-state index < -0.39 is 29.8 Å². The highest BCUT2D eigenvalue weighted by Gasteiger charge is 2.27. The Kier molecular flexibility index (Phi) is 9.02. The molecule has 4 rings (SSSR count). The number of aromatic nitrogens is 4. The Hall–Kier alpha value is -4.42. The minimum absolute atomic E-state index is 0.0221. The predicted molar refractivity (Wildman–Crippen MR) is 146 cm³/mol. The Morgan fingerprint density at radius 2 is 1.73 bits per heavy atom. The number of rotatable bonds is 9. The first-order chi connectivity index (χ1) is 19.1. The van der Waals surface area contributed by atoms with E-state index in [1.165, 1.54) is 12.7 Å². The molecule has 0 bridgehead atoms. The molecule has 1 aromatic carbocycles. The third-order valence-corrected chi connectivity index (χ3v) is 6.37. The van der Waals surface area contributed by atoms with Crippen molar-refractivity contribution >= 4 is 35.1 Å². The van der Waals surface area contributed by atoms with Crippen LogP contribution in [0.5, 0.6) is 0 Å². The Morgan fingerprint density at radius 3 is 2.40 bits per heavy atom. The van der Waals surface area contributed by atoms with Gasteiger partial charge in [0, 0.05) is 12.1 Å². The van der Waals surface area contributed by atoms with E-state index in [4.69, 9.17) is 9.47 Å². The van der Waals surface area contributed by atoms with Crippen molar-refractivity contribution in [3.8, 4) is 0 Å². The minimum atomic E-state index is -1.26. The van der Waals surface area contributed by atoms with Gasteiger partial charge >= 0.3 is 18.2 Å². The number of ether oxygens (including phenoxy) is 2. The largest absolute Gasteiger partial charge is 0.480 e. The van der Waals surface area contributed by atoms with Crippen LogP contribution in [0.25, 0.3) is 11.2 Å². The summed E-state index contributed by atoms with van der Waals surface area (Å²) >= 11 is 0. The van der Waals surface area contributed by atoms with Crippen molar-refractivity contribution in [1.82, 2.24) is 30.2 Å². The number of hydrogen-bond donors (Lipinski definition) is 4. The van der Waals surface area contributed by atoms with Gasteiger partial charge in [-0.15, -0.1) is 0 Å². The molecule has 0 aliphatic heterocycles. The molecule has 0 saturated heterocycles. The van der Waals surface area contributed by atoms with Crippen molar-refractivity contribution in [1.29, 1.82) is 0 Å². The van der Waals surface area contributed by atoms with Gasteiger partial charge in [0.1, 0.15) is 30.1 Å². The number of carboxylic acids is 1. The Bertz CT molecular complexity index is 1320. The first kappa shape index (κ1) is 28.6. The second kappa shape index (κ2) is 12.6. The third kappa shape index (κ3) is 8.04. The molecule has 3 aromatic rings. The van der Waals surface area contributed by atoms with Crippen LogP contribution in [-0.4, -0.2) is 66.5 Å². The first-order valence-corrected chi connectivity index (χ1v) is 13.2. The van der Waals surface area contributed by atoms with Crippen LogP contribution >= 0.6 is 0 Å². The Morgan fingerprint density at radius 1 is 1.02 bits per heavy atom. The molecule has 1 fully saturated rings. The first-order valence-electron chi connectivity index (χ1n) is 13.2. The zero-order valence-corrected chi connectivity index (χ0v) is 22.8. The number of benzene rings is 1. The topological polar surface area (TPSA) is 170 Å². The summed E-state index contributed by atoms with van der Waals surface area (Å²) in [6.07, 6.45) is 4.79. The quantitative estimate of drug-likeness (QED) is 0.308. The molecule has 1 atom stereocenters. The standard InChI is InChI=1S/C27H35N7O6/c1-27(2,3)40-26(38)32-19-11-9-18(10-12-19)31-22-21-23(29-15-28-22)34(16-30-21)13-20(24(35)36)33-25(37)39-14-17-7-5-4-6-8-17/h4-8,15-16,18-20H,9-14H2,1-3H3,(H,32,38)(H,33,37)(H,35,36)(H,28,29,31). The number of alkyl carbamates (subject to hydrolysis) is 2. The van der Waals surface area contributed by atoms with Gasteiger partial charge in [0.25, 0.3) is 0 Å². The van der Waals surface area contributed by atoms with Crippen molar-refractivity contribution in [2.24, 2.45) is 0 Å². The fourth-order valence-electron chi connectivity index (χ4n) is 4.46. The molecular formula is C27H35N7O6. The van der Waals surface area contributed by atoms with E-state index in [0.29, 0.717) is 17.0 Å². The number of carbonyl (C=O) groups is 3. The molecular weight excluding hydrogens is 518 g/mol. The number of anilines is 1. The molecule has 13 nitrogen and oxygen atoms in total. The molecule has 0 spiro atoms. The van der Waals surface area contributed by atoms with Crippen LogP contribution in [0.2, 0.25) is 0 Å². The van der Waals surface area contributed by atoms with Gasteiger partial charge in [0.15, 0.2) is 11.5 Å². The number of fused-ring (bicyclic) bond motifs is 1. The van der Waals surface area contributed by atoms with Crippen LogP contribution in [0.1, 0.15) is 52.0 Å². The summed E-state index contributed by atoms with van der Waals surface area (Å²) in [4.78, 5) is 49.2. The average Bonchev–Trinajstić information content (AvgIpc) is 3.31. The van der Waals surface area contributed by atoms with Crippen molar-refractivity contribution in [3.05, 3.63) is 48.5 Å². The summed E-state index contributed by atoms with van der Waals surface area (Å²) in [6.45, 7) is 5.41. The van der Waals surface area contributed by atoms with Crippen LogP contribution in [-0.2, 0) is 27.4 Å². The van der Waals surface area contributed by atoms with E-state index in [1.54, 1.807) is 16.7 Å². The van der Waals surface area contributed by atoms with Crippen LogP contribution in [0, 0.1) is 0 Å². The lowest BCUT2D eigenvalue weighted by molar-refractivity contribution is -0.139. The molecule has 40 heavy (non-hydrogen) atoms. The number of aliphatic carboxylic acids is 1. The van der Waals surface area contributed by atoms with Gasteiger partial charge < -0.3 is 35.1 Å². The van der Waals surface area contributed by atoms with E-state index >= 15 is 0 Å². The smallest absolute Gasteiger partial charge is 0.408 e. The van der Waals surface area contributed by atoms with Crippen LogP contribution in [0.4, 0.5) is 15.4 Å². The SMILES string of the molecule is CC(C)(C)OC(=O)NC1CCC(Nc2ncnc3c2ncn3CC(NC(=O)OCc2ccccc2)C(=O)O)CC1. The van der Waals surface area contributed by atoms with Gasteiger partial charge in [-0.3, -0.25) is 0 Å². The molecule has 1 saturated carbocycles. The predicted octanol–water partition coefficient (Wildman–Crippen LogP) is 3.45. The molecule has 0 radical (unpaired) electrons. The molecule has 2 heterocycles. The summed E-state index contributed by atoms with van der Waals surface area (Å²) in [5, 5.41) is 18.4. The lowest BCUT2D eigenvalue weighted by Gasteiger charge is -2.30. The number of hydrogen-bond acceptors (Lipinski definition) is 9. The van der Waals surface area contributed by atoms with E-state index in [0.717, 1.165) is 31.2 Å². The molecule has 1 unspecified atom stereocenters. The maximum atomic E-state index is 12.3. The van der Waals surface area contributed by atoms with Crippen LogP contribution < -0.4 is 16.0 Å². The lowest BCUT2D eigenvalue weighted by Crippen LogP contribution is -2.43. The lowest BCUT2D eigenvalue weighted by atomic mass is 9.91. The molecule has 214 valence electrons. The monoisotopic (exact) mass is 553 g/mol. The summed E-state index contributed by atoms with van der Waals surface area (Å²) in [5.41, 5.74) is 1.17. The average molecular weight is 554 g/mol. The van der Waals surface area contributed by atoms with Crippen molar-refractivity contribution in [2.45, 2.75) is 83.3 Å². The van der Waals surface area contributed by atoms with E-state index in [2.05, 4.69) is 30.9 Å². The maximum Gasteiger partial charge on any atom is 0.408 e. The van der Waals surface area contributed by atoms with Crippen LogP contribution in [0.15, 0.2) is 43.0 Å². The van der Waals surface area contributed by atoms with Gasteiger partial charge in [0.2, 0.25) is 0 Å². The number of nitrogens with zero attached hydrogens (tertiary/aromatic N) is 4. The summed E-state index contributed by atoms with van der Waals surface area (Å²) in [7, 11) is 0. The maximum absolute atomic E-state index is 12.3. The Balaban J connectivity index is 1.33. The molecule has 4 N–H and O–H groups in total. The van der Waals surface area contributed by atoms with E-state index in [9.17, 15) is 19.5 Å². The normalized spacial score (nSPS) is 18.0. The summed E-state index contributed by atoms with van der Waals surface area (Å²) < 4.78 is 12.1. The van der Waals surface area contributed by atoms with Crippen molar-refractivity contribution in [2.75, 3.05) is 5.32 Å². The highest BCUT2D eigenvalue weighted by molar-refractivity contribution is 5.83. The Labute approximate surface area is 231 Å². The van der Waals surface area contributed by atoms with Gasteiger partial charge in [-0.2, -0.15) is 0 Å². The minimum Gasteiger partial charge on any atom is -0.480 e. The zero-order chi connectivity index (χ0) is 28.7. The highest BCUT2D eigenvalue weighted by Crippen LogP contribution is 2.25. The van der Waals surface area contributed by atoms with Gasteiger partial charge in [0.05, 0.1) is 12.9 Å². The molecule has 13 heteroatoms. The third-order valence-electron chi connectivity index (χ3n) is 6.37. The molecule has 2 aromatic heterocycles. The van der Waals surface area contributed by atoms with E-state index in [1.807, 2.05) is 39.0 Å². The van der Waals surface area contributed by atoms with Crippen molar-refractivity contribution < 1.29 is 29.0 Å². The highest BCUT2D eigenvalue weighted by atomic mass is 16.6. The van der Waals surface area contributed by atoms with Gasteiger partial charge in [-0.05, 0) is 52.0 Å². The number of nitrogens with one attached hydrogen (secondary N) is 3. The fraction of sp³-hybridized carbons (Fsp3) is 0.481. The summed E-state index contributed by atoms with van der Waals surface area (Å²) in [6, 6.07) is 7.99. The summed E-state index contributed by atoms with van der Waals surface area (Å²) in [5.74, 6) is -0.683. The second-order valence-corrected chi connectivity index (χ2v) is 10.7. The molecule has 1 aliphatic carbocycles. The van der Waals surface area contributed by atoms with E-state index in [-0.39, 0.29) is 25.2 Å². The number of imidazole rings is 1. The fourth-order valence-corrected chi connectivity index (χ4v) is 4.46. The molecule has 2 amide bonds. The van der Waals surface area contributed by atoms with Gasteiger partial charge in [-0.1, -0.05) is 30.3 Å². The molecule has 1 aliphatic rings. The van der Waals surface area contributed by atoms with Gasteiger partial charge in [-0.25, -0.2) is 29.3 Å². The van der Waals surface area contributed by atoms with Crippen molar-refractivity contribution in [3.63, 3.8) is 0 Å². The number of carbonyl (C=O) groups excluding carboxylic acids is 2. The number of carboxylic acid groups (broad SMARTS) is 1.